The van der Waals surface area contributed by atoms with E-state index in [1.807, 2.05) is 13.0 Å². The molecule has 1 aromatic carbocycles. The Hall–Kier alpha value is -1.06. The van der Waals surface area contributed by atoms with Crippen molar-refractivity contribution < 1.29 is 14.7 Å². The summed E-state index contributed by atoms with van der Waals surface area (Å²) >= 11 is 0. The van der Waals surface area contributed by atoms with Crippen LogP contribution in [0.5, 0.6) is 5.75 Å². The van der Waals surface area contributed by atoms with E-state index in [0.29, 0.717) is 6.61 Å². The van der Waals surface area contributed by atoms with Crippen molar-refractivity contribution >= 4 is 0 Å². The molecular weight excluding hydrogens is 262 g/mol. The number of quaternary nitrogens is 1. The van der Waals surface area contributed by atoms with Crippen molar-refractivity contribution in [2.75, 3.05) is 26.2 Å². The maximum Gasteiger partial charge on any atom is 0.137 e. The smallest absolute Gasteiger partial charge is 0.137 e. The van der Waals surface area contributed by atoms with Gasteiger partial charge in [-0.25, -0.2) is 0 Å². The van der Waals surface area contributed by atoms with Gasteiger partial charge in [0.2, 0.25) is 0 Å². The number of aliphatic hydroxyl groups is 1. The van der Waals surface area contributed by atoms with Gasteiger partial charge in [-0.15, -0.1) is 0 Å². The van der Waals surface area contributed by atoms with Crippen LogP contribution in [0.4, 0.5) is 0 Å². The molecule has 2 N–H and O–H groups in total. The zero-order chi connectivity index (χ0) is 15.4. The monoisotopic (exact) mass is 292 g/mol. The molecule has 1 saturated heterocycles. The zero-order valence-corrected chi connectivity index (χ0v) is 13.9. The highest BCUT2D eigenvalue weighted by Crippen LogP contribution is 2.19. The Morgan fingerprint density at radius 3 is 2.57 bits per heavy atom. The Labute approximate surface area is 128 Å². The van der Waals surface area contributed by atoms with Crippen LogP contribution in [0, 0.1) is 25.7 Å². The average molecular weight is 292 g/mol. The molecule has 0 spiro atoms. The molecule has 1 fully saturated rings. The molecule has 0 amide bonds. The molecule has 4 atom stereocenters. The lowest BCUT2D eigenvalue weighted by molar-refractivity contribution is -0.915. The molecule has 0 aliphatic carbocycles. The number of hydrogen-bond donors (Lipinski definition) is 2. The summed E-state index contributed by atoms with van der Waals surface area (Å²) in [6, 6.07) is 6.19. The number of likely N-dealkylation sites (tertiary alicyclic amines) is 1. The molecule has 0 saturated carbocycles. The third-order valence-electron chi connectivity index (χ3n) is 4.38. The molecule has 118 valence electrons. The maximum absolute atomic E-state index is 10.2. The SMILES string of the molecule is Cc1ccc(C)c(OC[C@H](O)C[NH+]2C[C@H](C)C[C@H](C)C2)c1. The van der Waals surface area contributed by atoms with Crippen LogP contribution in [0.1, 0.15) is 31.4 Å². The number of aliphatic hydroxyl groups excluding tert-OH is 1. The van der Waals surface area contributed by atoms with Crippen LogP contribution in [0.3, 0.4) is 0 Å². The first kappa shape index (κ1) is 16.3. The first-order chi connectivity index (χ1) is 9.94. The second kappa shape index (κ2) is 7.28. The van der Waals surface area contributed by atoms with Crippen molar-refractivity contribution in [1.82, 2.24) is 0 Å². The first-order valence-electron chi connectivity index (χ1n) is 8.15. The summed E-state index contributed by atoms with van der Waals surface area (Å²) in [5.41, 5.74) is 2.31. The number of aryl methyl sites for hydroxylation is 2. The minimum absolute atomic E-state index is 0.385. The summed E-state index contributed by atoms with van der Waals surface area (Å²) in [7, 11) is 0. The topological polar surface area (TPSA) is 33.9 Å². The van der Waals surface area contributed by atoms with E-state index in [1.54, 1.807) is 0 Å². The lowest BCUT2D eigenvalue weighted by Crippen LogP contribution is -3.15. The number of nitrogens with one attached hydrogen (secondary N) is 1. The molecule has 1 aliphatic heterocycles. The fraction of sp³-hybridized carbons (Fsp3) is 0.667. The first-order valence-corrected chi connectivity index (χ1v) is 8.15. The van der Waals surface area contributed by atoms with E-state index < -0.39 is 6.10 Å². The van der Waals surface area contributed by atoms with Gasteiger partial charge in [-0.3, -0.25) is 0 Å². The molecule has 3 nitrogen and oxygen atoms in total. The minimum atomic E-state index is -0.391. The summed E-state index contributed by atoms with van der Waals surface area (Å²) < 4.78 is 5.81. The van der Waals surface area contributed by atoms with Crippen LogP contribution in [-0.4, -0.2) is 37.5 Å². The molecule has 0 aromatic heterocycles. The van der Waals surface area contributed by atoms with E-state index >= 15 is 0 Å². The zero-order valence-electron chi connectivity index (χ0n) is 13.9. The van der Waals surface area contributed by atoms with E-state index in [9.17, 15) is 5.11 Å². The molecule has 21 heavy (non-hydrogen) atoms. The average Bonchev–Trinajstić information content (AvgIpc) is 2.38. The van der Waals surface area contributed by atoms with Crippen molar-refractivity contribution in [3.8, 4) is 5.75 Å². The van der Waals surface area contributed by atoms with Gasteiger partial charge in [0.1, 0.15) is 25.0 Å². The third kappa shape index (κ3) is 5.01. The lowest BCUT2D eigenvalue weighted by Gasteiger charge is -2.33. The predicted molar refractivity (Wildman–Crippen MR) is 85.9 cm³/mol. The summed E-state index contributed by atoms with van der Waals surface area (Å²) in [6.45, 7) is 12.2. The van der Waals surface area contributed by atoms with E-state index in [4.69, 9.17) is 4.74 Å². The van der Waals surface area contributed by atoms with Crippen LogP contribution >= 0.6 is 0 Å². The molecule has 1 unspecified atom stereocenters. The van der Waals surface area contributed by atoms with Crippen molar-refractivity contribution in [2.24, 2.45) is 11.8 Å². The van der Waals surface area contributed by atoms with Gasteiger partial charge < -0.3 is 14.7 Å². The van der Waals surface area contributed by atoms with Crippen molar-refractivity contribution in [3.05, 3.63) is 29.3 Å². The highest BCUT2D eigenvalue weighted by Gasteiger charge is 2.26. The Morgan fingerprint density at radius 1 is 1.24 bits per heavy atom. The van der Waals surface area contributed by atoms with Crippen LogP contribution in [0.2, 0.25) is 0 Å². The minimum Gasteiger partial charge on any atom is -0.490 e. The molecule has 0 bridgehead atoms. The van der Waals surface area contributed by atoms with Gasteiger partial charge in [0, 0.05) is 11.8 Å². The number of ether oxygens (including phenoxy) is 1. The highest BCUT2D eigenvalue weighted by atomic mass is 16.5. The number of rotatable bonds is 5. The second-order valence-corrected chi connectivity index (χ2v) is 7.04. The Bertz CT molecular complexity index is 451. The maximum atomic E-state index is 10.2. The number of piperidine rings is 1. The molecular formula is C18H30NO2+. The Kier molecular flexibility index (Phi) is 5.65. The molecule has 3 heteroatoms. The fourth-order valence-corrected chi connectivity index (χ4v) is 3.53. The highest BCUT2D eigenvalue weighted by molar-refractivity contribution is 5.35. The van der Waals surface area contributed by atoms with Gasteiger partial charge in [-0.05, 0) is 37.5 Å². The van der Waals surface area contributed by atoms with Crippen molar-refractivity contribution in [3.63, 3.8) is 0 Å². The van der Waals surface area contributed by atoms with Crippen LogP contribution in [0.15, 0.2) is 18.2 Å². The Morgan fingerprint density at radius 2 is 1.90 bits per heavy atom. The van der Waals surface area contributed by atoms with E-state index in [-0.39, 0.29) is 0 Å². The molecule has 1 aliphatic rings. The number of benzene rings is 1. The third-order valence-corrected chi connectivity index (χ3v) is 4.38. The quantitative estimate of drug-likeness (QED) is 0.864. The van der Waals surface area contributed by atoms with Crippen molar-refractivity contribution in [2.45, 2.75) is 40.2 Å². The predicted octanol–water partition coefficient (Wildman–Crippen LogP) is 1.60. The summed E-state index contributed by atoms with van der Waals surface area (Å²) in [5.74, 6) is 2.41. The van der Waals surface area contributed by atoms with Gasteiger partial charge in [0.25, 0.3) is 0 Å². The summed E-state index contributed by atoms with van der Waals surface area (Å²) in [5, 5.41) is 10.2. The largest absolute Gasteiger partial charge is 0.490 e. The molecule has 0 radical (unpaired) electrons. The molecule has 1 heterocycles. The van der Waals surface area contributed by atoms with E-state index in [2.05, 4.69) is 32.9 Å². The normalized spacial score (nSPS) is 27.4. The summed E-state index contributed by atoms with van der Waals surface area (Å²) in [4.78, 5) is 1.51. The van der Waals surface area contributed by atoms with Gasteiger partial charge in [0.05, 0.1) is 13.1 Å². The van der Waals surface area contributed by atoms with Crippen LogP contribution < -0.4 is 9.64 Å². The van der Waals surface area contributed by atoms with E-state index in [0.717, 1.165) is 29.7 Å². The van der Waals surface area contributed by atoms with E-state index in [1.165, 1.54) is 30.0 Å². The van der Waals surface area contributed by atoms with Gasteiger partial charge in [-0.2, -0.15) is 0 Å². The van der Waals surface area contributed by atoms with Crippen LogP contribution in [-0.2, 0) is 0 Å². The van der Waals surface area contributed by atoms with Gasteiger partial charge in [-0.1, -0.05) is 26.0 Å². The number of hydrogen-bond acceptors (Lipinski definition) is 2. The van der Waals surface area contributed by atoms with Crippen LogP contribution in [0.25, 0.3) is 0 Å². The Balaban J connectivity index is 1.81. The molecule has 2 rings (SSSR count). The van der Waals surface area contributed by atoms with Crippen molar-refractivity contribution in [1.29, 1.82) is 0 Å². The van der Waals surface area contributed by atoms with Gasteiger partial charge in [0.15, 0.2) is 0 Å². The lowest BCUT2D eigenvalue weighted by atomic mass is 9.92. The fourth-order valence-electron chi connectivity index (χ4n) is 3.53. The second-order valence-electron chi connectivity index (χ2n) is 7.04. The standard InChI is InChI=1S/C18H29NO2/c1-13-5-6-16(4)18(8-13)21-12-17(20)11-19-9-14(2)7-15(3)10-19/h5-6,8,14-15,17,20H,7,9-12H2,1-4H3/p+1/t14-,15+,17-/m1/s1. The summed E-state index contributed by atoms with van der Waals surface area (Å²) in [6.07, 6.45) is 0.927. The molecule has 1 aromatic rings. The van der Waals surface area contributed by atoms with Gasteiger partial charge >= 0.3 is 0 Å².